The van der Waals surface area contributed by atoms with Crippen LogP contribution in [0.1, 0.15) is 58.2 Å². The molecule has 0 spiro atoms. The Morgan fingerprint density at radius 3 is 3.00 bits per heavy atom. The van der Waals surface area contributed by atoms with E-state index in [0.717, 1.165) is 61.6 Å². The number of hydrogen-bond donors (Lipinski definition) is 1. The van der Waals surface area contributed by atoms with Crippen LogP contribution in [0.5, 0.6) is 0 Å². The molecule has 1 atom stereocenters. The summed E-state index contributed by atoms with van der Waals surface area (Å²) in [6.45, 7) is 7.96. The number of nitrogens with zero attached hydrogens (tertiary/aromatic N) is 5. The highest BCUT2D eigenvalue weighted by atomic mass is 16.5. The van der Waals surface area contributed by atoms with Crippen LogP contribution in [-0.4, -0.2) is 57.8 Å². The second kappa shape index (κ2) is 9.73. The summed E-state index contributed by atoms with van der Waals surface area (Å²) in [7, 11) is 0. The molecule has 0 aromatic carbocycles. The normalized spacial score (nSPS) is 19.7. The Hall–Kier alpha value is -2.22. The highest BCUT2D eigenvalue weighted by Gasteiger charge is 2.28. The van der Waals surface area contributed by atoms with Gasteiger partial charge >= 0.3 is 0 Å². The molecule has 0 radical (unpaired) electrons. The molecule has 2 aromatic rings. The van der Waals surface area contributed by atoms with Gasteiger partial charge in [-0.05, 0) is 46.0 Å². The molecule has 30 heavy (non-hydrogen) atoms. The van der Waals surface area contributed by atoms with E-state index in [9.17, 15) is 4.79 Å². The van der Waals surface area contributed by atoms with Gasteiger partial charge in [-0.3, -0.25) is 4.79 Å². The van der Waals surface area contributed by atoms with Gasteiger partial charge in [0, 0.05) is 39.2 Å². The van der Waals surface area contributed by atoms with E-state index >= 15 is 0 Å². The van der Waals surface area contributed by atoms with Gasteiger partial charge in [0.2, 0.25) is 5.91 Å². The molecule has 2 aliphatic heterocycles. The lowest BCUT2D eigenvalue weighted by atomic mass is 9.97. The number of rotatable bonds is 7. The molecule has 4 heterocycles. The summed E-state index contributed by atoms with van der Waals surface area (Å²) in [6, 6.07) is 0. The fourth-order valence-corrected chi connectivity index (χ4v) is 4.49. The van der Waals surface area contributed by atoms with E-state index in [4.69, 9.17) is 9.72 Å². The van der Waals surface area contributed by atoms with E-state index in [2.05, 4.69) is 24.8 Å². The number of carbonyl (C=O) groups is 1. The van der Waals surface area contributed by atoms with Crippen molar-refractivity contribution in [2.45, 2.75) is 71.4 Å². The molecule has 0 aliphatic carbocycles. The molecular formula is C22H34N6O2. The van der Waals surface area contributed by atoms with Crippen LogP contribution < -0.4 is 10.2 Å². The zero-order chi connectivity index (χ0) is 20.9. The van der Waals surface area contributed by atoms with Crippen LogP contribution in [-0.2, 0) is 22.5 Å². The Kier molecular flexibility index (Phi) is 6.82. The fraction of sp³-hybridized carbons (Fsp3) is 0.727. The molecule has 8 nitrogen and oxygen atoms in total. The van der Waals surface area contributed by atoms with E-state index in [0.29, 0.717) is 19.7 Å². The highest BCUT2D eigenvalue weighted by molar-refractivity contribution is 5.85. The first-order chi connectivity index (χ1) is 14.6. The molecule has 2 aromatic heterocycles. The number of imidazole rings is 1. The molecule has 8 heteroatoms. The maximum Gasteiger partial charge on any atom is 0.224 e. The number of amides is 1. The van der Waals surface area contributed by atoms with Gasteiger partial charge in [-0.1, -0.05) is 6.42 Å². The van der Waals surface area contributed by atoms with Crippen molar-refractivity contribution in [1.29, 1.82) is 0 Å². The maximum absolute atomic E-state index is 12.7. The third-order valence-corrected chi connectivity index (χ3v) is 6.04. The SMILES string of the molecule is CC(C)OCCCNC(=O)C1CCCN(c2ncnc3c2nc2n3CCCCC2)C1. The van der Waals surface area contributed by atoms with E-state index in [1.165, 1.54) is 19.3 Å². The van der Waals surface area contributed by atoms with E-state index in [1.54, 1.807) is 6.33 Å². The molecule has 1 fully saturated rings. The second-order valence-electron chi connectivity index (χ2n) is 8.71. The van der Waals surface area contributed by atoms with Gasteiger partial charge in [0.15, 0.2) is 17.0 Å². The van der Waals surface area contributed by atoms with Crippen LogP contribution in [0.25, 0.3) is 11.2 Å². The monoisotopic (exact) mass is 414 g/mol. The minimum Gasteiger partial charge on any atom is -0.379 e. The molecule has 1 saturated heterocycles. The van der Waals surface area contributed by atoms with Crippen LogP contribution in [0.2, 0.25) is 0 Å². The van der Waals surface area contributed by atoms with Crippen molar-refractivity contribution in [3.05, 3.63) is 12.2 Å². The number of anilines is 1. The van der Waals surface area contributed by atoms with Crippen molar-refractivity contribution in [3.63, 3.8) is 0 Å². The van der Waals surface area contributed by atoms with Crippen molar-refractivity contribution in [3.8, 4) is 0 Å². The van der Waals surface area contributed by atoms with E-state index in [-0.39, 0.29) is 17.9 Å². The summed E-state index contributed by atoms with van der Waals surface area (Å²) in [5.74, 6) is 2.12. The first-order valence-corrected chi connectivity index (χ1v) is 11.5. The van der Waals surface area contributed by atoms with Crippen LogP contribution in [0.3, 0.4) is 0 Å². The molecule has 2 aliphatic rings. The zero-order valence-electron chi connectivity index (χ0n) is 18.3. The molecular weight excluding hydrogens is 380 g/mol. The van der Waals surface area contributed by atoms with Gasteiger partial charge in [0.1, 0.15) is 12.2 Å². The average Bonchev–Trinajstić information content (AvgIpc) is 2.94. The number of ether oxygens (including phenoxy) is 1. The van der Waals surface area contributed by atoms with E-state index in [1.807, 2.05) is 13.8 Å². The number of nitrogens with one attached hydrogen (secondary N) is 1. The average molecular weight is 415 g/mol. The van der Waals surface area contributed by atoms with Crippen molar-refractivity contribution in [1.82, 2.24) is 24.8 Å². The van der Waals surface area contributed by atoms with Gasteiger partial charge in [0.05, 0.1) is 12.0 Å². The summed E-state index contributed by atoms with van der Waals surface area (Å²) in [5.41, 5.74) is 1.83. The summed E-state index contributed by atoms with van der Waals surface area (Å²) in [5, 5.41) is 3.08. The smallest absolute Gasteiger partial charge is 0.224 e. The molecule has 0 saturated carbocycles. The molecule has 4 rings (SSSR count). The number of fused-ring (bicyclic) bond motifs is 3. The number of carbonyl (C=O) groups excluding carboxylic acids is 1. The summed E-state index contributed by atoms with van der Waals surface area (Å²) < 4.78 is 7.81. The molecule has 1 amide bonds. The largest absolute Gasteiger partial charge is 0.379 e. The summed E-state index contributed by atoms with van der Waals surface area (Å²) >= 11 is 0. The third kappa shape index (κ3) is 4.74. The van der Waals surface area contributed by atoms with Crippen molar-refractivity contribution >= 4 is 22.9 Å². The lowest BCUT2D eigenvalue weighted by molar-refractivity contribution is -0.125. The van der Waals surface area contributed by atoms with Crippen molar-refractivity contribution < 1.29 is 9.53 Å². The Labute approximate surface area is 178 Å². The standard InChI is InChI=1S/C22H34N6O2/c1-16(2)30-13-7-10-23-22(29)17-8-6-11-27(14-17)20-19-21(25-15-24-20)28-12-5-3-4-9-18(28)26-19/h15-17H,3-14H2,1-2H3,(H,23,29). The quantitative estimate of drug-likeness (QED) is 0.701. The van der Waals surface area contributed by atoms with E-state index < -0.39 is 0 Å². The molecule has 164 valence electrons. The van der Waals surface area contributed by atoms with Crippen LogP contribution in [0.15, 0.2) is 6.33 Å². The van der Waals surface area contributed by atoms with Gasteiger partial charge in [-0.15, -0.1) is 0 Å². The maximum atomic E-state index is 12.7. The third-order valence-electron chi connectivity index (χ3n) is 6.04. The van der Waals surface area contributed by atoms with Gasteiger partial charge in [0.25, 0.3) is 0 Å². The topological polar surface area (TPSA) is 85.2 Å². The number of aryl methyl sites for hydroxylation is 2. The highest BCUT2D eigenvalue weighted by Crippen LogP contribution is 2.29. The molecule has 1 N–H and O–H groups in total. The van der Waals surface area contributed by atoms with Gasteiger partial charge in [-0.25, -0.2) is 15.0 Å². The van der Waals surface area contributed by atoms with Gasteiger partial charge < -0.3 is 19.5 Å². The lowest BCUT2D eigenvalue weighted by Gasteiger charge is -2.32. The second-order valence-corrected chi connectivity index (χ2v) is 8.71. The predicted octanol–water partition coefficient (Wildman–Crippen LogP) is 2.70. The Balaban J connectivity index is 1.42. The zero-order valence-corrected chi connectivity index (χ0v) is 18.3. The van der Waals surface area contributed by atoms with Crippen molar-refractivity contribution in [2.75, 3.05) is 31.1 Å². The minimum atomic E-state index is -0.0183. The molecule has 1 unspecified atom stereocenters. The number of aromatic nitrogens is 4. The minimum absolute atomic E-state index is 0.0183. The first-order valence-electron chi connectivity index (χ1n) is 11.5. The van der Waals surface area contributed by atoms with Crippen LogP contribution >= 0.6 is 0 Å². The summed E-state index contributed by atoms with van der Waals surface area (Å²) in [4.78, 5) is 29.0. The van der Waals surface area contributed by atoms with Crippen molar-refractivity contribution in [2.24, 2.45) is 5.92 Å². The number of hydrogen-bond acceptors (Lipinski definition) is 6. The van der Waals surface area contributed by atoms with Crippen LogP contribution in [0.4, 0.5) is 5.82 Å². The number of piperidine rings is 1. The fourth-order valence-electron chi connectivity index (χ4n) is 4.49. The van der Waals surface area contributed by atoms with Gasteiger partial charge in [-0.2, -0.15) is 0 Å². The van der Waals surface area contributed by atoms with Crippen LogP contribution in [0, 0.1) is 5.92 Å². The first kappa shape index (κ1) is 21.0. The lowest BCUT2D eigenvalue weighted by Crippen LogP contribution is -2.43. The summed E-state index contributed by atoms with van der Waals surface area (Å²) in [6.07, 6.45) is 9.22. The Bertz CT molecular complexity index is 865. The Morgan fingerprint density at radius 1 is 1.23 bits per heavy atom. The Morgan fingerprint density at radius 2 is 2.13 bits per heavy atom. The molecule has 0 bridgehead atoms. The predicted molar refractivity (Wildman–Crippen MR) is 117 cm³/mol.